The highest BCUT2D eigenvalue weighted by Gasteiger charge is 2.16. The number of benzene rings is 2. The normalized spacial score (nSPS) is 10.7. The van der Waals surface area contributed by atoms with E-state index in [2.05, 4.69) is 15.9 Å². The lowest BCUT2D eigenvalue weighted by Gasteiger charge is -2.07. The molecule has 0 aliphatic carbocycles. The van der Waals surface area contributed by atoms with Crippen LogP contribution >= 0.6 is 15.9 Å². The minimum atomic E-state index is -0.501. The van der Waals surface area contributed by atoms with Crippen LogP contribution in [0.25, 0.3) is 10.8 Å². The van der Waals surface area contributed by atoms with Gasteiger partial charge in [-0.3, -0.25) is 9.59 Å². The quantitative estimate of drug-likeness (QED) is 0.411. The molecule has 4 heteroatoms. The number of rotatable bonds is 4. The first-order valence-electron chi connectivity index (χ1n) is 6.51. The van der Waals surface area contributed by atoms with Gasteiger partial charge in [-0.05, 0) is 17.7 Å². The van der Waals surface area contributed by atoms with Gasteiger partial charge >= 0.3 is 0 Å². The van der Waals surface area contributed by atoms with E-state index in [1.807, 2.05) is 59.3 Å². The van der Waals surface area contributed by atoms with Crippen LogP contribution in [0.4, 0.5) is 0 Å². The standard InChI is InChI=1S/C17H12BrNO2/c18-14-7-6-13-10-19(9-12-4-2-1-3-5-12)17(15(13)8-14)16(21)11-20/h1-8,10-11H,9H2. The van der Waals surface area contributed by atoms with Gasteiger partial charge in [-0.25, -0.2) is 0 Å². The Hall–Kier alpha value is -2.20. The largest absolute Gasteiger partial charge is 0.339 e. The lowest BCUT2D eigenvalue weighted by molar-refractivity contribution is -0.104. The highest BCUT2D eigenvalue weighted by atomic mass is 79.9. The molecule has 0 radical (unpaired) electrons. The summed E-state index contributed by atoms with van der Waals surface area (Å²) in [7, 11) is 0. The van der Waals surface area contributed by atoms with Gasteiger partial charge in [0, 0.05) is 28.0 Å². The van der Waals surface area contributed by atoms with E-state index in [0.29, 0.717) is 18.5 Å². The molecule has 0 aliphatic heterocycles. The zero-order valence-corrected chi connectivity index (χ0v) is 12.7. The van der Waals surface area contributed by atoms with Gasteiger partial charge in [-0.2, -0.15) is 0 Å². The van der Waals surface area contributed by atoms with Crippen molar-refractivity contribution < 1.29 is 9.59 Å². The number of ketones is 1. The average Bonchev–Trinajstić information content (AvgIpc) is 2.84. The van der Waals surface area contributed by atoms with Gasteiger partial charge < -0.3 is 4.57 Å². The number of aldehydes is 1. The smallest absolute Gasteiger partial charge is 0.242 e. The molecule has 0 amide bonds. The van der Waals surface area contributed by atoms with Gasteiger partial charge in [-0.15, -0.1) is 0 Å². The third-order valence-corrected chi connectivity index (χ3v) is 3.88. The highest BCUT2D eigenvalue weighted by molar-refractivity contribution is 9.10. The molecule has 0 unspecified atom stereocenters. The third-order valence-electron chi connectivity index (χ3n) is 3.39. The number of halogens is 1. The van der Waals surface area contributed by atoms with E-state index in [9.17, 15) is 9.59 Å². The summed E-state index contributed by atoms with van der Waals surface area (Å²) in [5.74, 6) is -0.501. The number of aromatic nitrogens is 1. The van der Waals surface area contributed by atoms with Crippen molar-refractivity contribution in [2.24, 2.45) is 0 Å². The first kappa shape index (κ1) is 13.8. The molecule has 0 spiro atoms. The summed E-state index contributed by atoms with van der Waals surface area (Å²) in [4.78, 5) is 23.0. The van der Waals surface area contributed by atoms with Gasteiger partial charge in [-0.1, -0.05) is 52.3 Å². The summed E-state index contributed by atoms with van der Waals surface area (Å²) >= 11 is 3.40. The summed E-state index contributed by atoms with van der Waals surface area (Å²) < 4.78 is 2.72. The van der Waals surface area contributed by atoms with Crippen LogP contribution in [0.15, 0.2) is 59.2 Å². The number of carbonyl (C=O) groups is 2. The monoisotopic (exact) mass is 341 g/mol. The Labute approximate surface area is 130 Å². The predicted molar refractivity (Wildman–Crippen MR) is 85.6 cm³/mol. The van der Waals surface area contributed by atoms with Crippen LogP contribution in [-0.4, -0.2) is 16.6 Å². The van der Waals surface area contributed by atoms with E-state index in [1.54, 1.807) is 0 Å². The summed E-state index contributed by atoms with van der Waals surface area (Å²) in [5.41, 5.74) is 1.52. The summed E-state index contributed by atoms with van der Waals surface area (Å²) in [6.45, 7) is 0.558. The Morgan fingerprint density at radius 2 is 1.90 bits per heavy atom. The van der Waals surface area contributed by atoms with Gasteiger partial charge in [0.1, 0.15) is 5.69 Å². The number of fused-ring (bicyclic) bond motifs is 1. The molecule has 3 aromatic rings. The molecular weight excluding hydrogens is 330 g/mol. The molecule has 2 aromatic carbocycles. The summed E-state index contributed by atoms with van der Waals surface area (Å²) in [6.07, 6.45) is 2.28. The van der Waals surface area contributed by atoms with Crippen molar-refractivity contribution >= 4 is 38.8 Å². The van der Waals surface area contributed by atoms with E-state index in [0.717, 1.165) is 20.8 Å². The Morgan fingerprint density at radius 1 is 1.14 bits per heavy atom. The number of nitrogens with zero attached hydrogens (tertiary/aromatic N) is 1. The molecule has 0 atom stereocenters. The number of hydrogen-bond donors (Lipinski definition) is 0. The molecule has 3 rings (SSSR count). The SMILES string of the molecule is O=CC(=O)c1c2cc(Br)ccc2cn1Cc1ccccc1. The zero-order valence-electron chi connectivity index (χ0n) is 11.1. The van der Waals surface area contributed by atoms with Crippen LogP contribution in [-0.2, 0) is 11.3 Å². The van der Waals surface area contributed by atoms with Crippen LogP contribution in [0.2, 0.25) is 0 Å². The van der Waals surface area contributed by atoms with Crippen LogP contribution < -0.4 is 0 Å². The van der Waals surface area contributed by atoms with Crippen molar-refractivity contribution in [1.82, 2.24) is 4.57 Å². The van der Waals surface area contributed by atoms with Crippen LogP contribution in [0.1, 0.15) is 16.1 Å². The molecule has 0 saturated carbocycles. The summed E-state index contributed by atoms with van der Waals surface area (Å²) in [5, 5.41) is 1.73. The second-order valence-corrected chi connectivity index (χ2v) is 5.72. The fourth-order valence-corrected chi connectivity index (χ4v) is 2.83. The fraction of sp³-hybridized carbons (Fsp3) is 0.0588. The molecule has 1 heterocycles. The predicted octanol–water partition coefficient (Wildman–Crippen LogP) is 3.83. The molecule has 0 aliphatic rings. The number of hydrogen-bond acceptors (Lipinski definition) is 2. The molecule has 0 saturated heterocycles. The van der Waals surface area contributed by atoms with Crippen molar-refractivity contribution in [2.75, 3.05) is 0 Å². The number of Topliss-reactive ketones (excluding diaryl/α,β-unsaturated/α-hetero) is 1. The van der Waals surface area contributed by atoms with E-state index in [4.69, 9.17) is 0 Å². The van der Waals surface area contributed by atoms with Crippen LogP contribution in [0, 0.1) is 0 Å². The molecule has 0 fully saturated rings. The topological polar surface area (TPSA) is 39.1 Å². The lowest BCUT2D eigenvalue weighted by Crippen LogP contribution is -2.10. The summed E-state index contributed by atoms with van der Waals surface area (Å²) in [6, 6.07) is 15.6. The Balaban J connectivity index is 2.17. The zero-order chi connectivity index (χ0) is 14.8. The van der Waals surface area contributed by atoms with Gasteiger partial charge in [0.2, 0.25) is 5.78 Å². The van der Waals surface area contributed by atoms with E-state index >= 15 is 0 Å². The molecule has 0 bridgehead atoms. The Kier molecular flexibility index (Phi) is 3.71. The first-order valence-corrected chi connectivity index (χ1v) is 7.30. The minimum Gasteiger partial charge on any atom is -0.339 e. The van der Waals surface area contributed by atoms with Gasteiger partial charge in [0.15, 0.2) is 6.29 Å². The van der Waals surface area contributed by atoms with Crippen molar-refractivity contribution in [3.8, 4) is 0 Å². The van der Waals surface area contributed by atoms with E-state index in [-0.39, 0.29) is 0 Å². The number of carbonyl (C=O) groups excluding carboxylic acids is 2. The fourth-order valence-electron chi connectivity index (χ4n) is 2.47. The van der Waals surface area contributed by atoms with Crippen molar-refractivity contribution in [3.05, 3.63) is 70.5 Å². The second kappa shape index (κ2) is 5.66. The molecule has 1 aromatic heterocycles. The highest BCUT2D eigenvalue weighted by Crippen LogP contribution is 2.26. The first-order chi connectivity index (χ1) is 10.2. The second-order valence-electron chi connectivity index (χ2n) is 4.80. The minimum absolute atomic E-state index is 0.372. The maximum absolute atomic E-state index is 12.0. The van der Waals surface area contributed by atoms with E-state index in [1.165, 1.54) is 0 Å². The molecule has 104 valence electrons. The van der Waals surface area contributed by atoms with Gasteiger partial charge in [0.05, 0.1) is 0 Å². The Bertz CT molecular complexity index is 821. The molecule has 3 nitrogen and oxygen atoms in total. The molecular formula is C17H12BrNO2. The Morgan fingerprint density at radius 3 is 2.62 bits per heavy atom. The maximum atomic E-state index is 12.0. The molecule has 21 heavy (non-hydrogen) atoms. The maximum Gasteiger partial charge on any atom is 0.242 e. The van der Waals surface area contributed by atoms with Crippen LogP contribution in [0.3, 0.4) is 0 Å². The third kappa shape index (κ3) is 2.67. The van der Waals surface area contributed by atoms with Crippen molar-refractivity contribution in [2.45, 2.75) is 6.54 Å². The van der Waals surface area contributed by atoms with E-state index < -0.39 is 5.78 Å². The van der Waals surface area contributed by atoms with Crippen molar-refractivity contribution in [1.29, 1.82) is 0 Å². The molecule has 0 N–H and O–H groups in total. The van der Waals surface area contributed by atoms with Gasteiger partial charge in [0.25, 0.3) is 0 Å². The van der Waals surface area contributed by atoms with Crippen molar-refractivity contribution in [3.63, 3.8) is 0 Å². The van der Waals surface area contributed by atoms with Crippen LogP contribution in [0.5, 0.6) is 0 Å². The average molecular weight is 342 g/mol. The lowest BCUT2D eigenvalue weighted by atomic mass is 10.1.